The van der Waals surface area contributed by atoms with Gasteiger partial charge in [0.25, 0.3) is 0 Å². The van der Waals surface area contributed by atoms with Crippen LogP contribution in [0.4, 0.5) is 9.18 Å². The number of halogens is 1. The van der Waals surface area contributed by atoms with Gasteiger partial charge in [-0.2, -0.15) is 16.3 Å². The fourth-order valence-corrected chi connectivity index (χ4v) is 4.38. The Labute approximate surface area is 189 Å². The number of amides is 1. The van der Waals surface area contributed by atoms with Crippen LogP contribution in [-0.4, -0.2) is 22.9 Å². The molecule has 1 heterocycles. The number of aromatic nitrogens is 1. The third-order valence-electron chi connectivity index (χ3n) is 5.06. The van der Waals surface area contributed by atoms with Crippen molar-refractivity contribution < 1.29 is 13.6 Å². The predicted molar refractivity (Wildman–Crippen MR) is 127 cm³/mol. The minimum atomic E-state index is -0.729. The van der Waals surface area contributed by atoms with Gasteiger partial charge in [-0.1, -0.05) is 48.5 Å². The van der Waals surface area contributed by atoms with Crippen LogP contribution in [0.15, 0.2) is 82.0 Å². The lowest BCUT2D eigenvalue weighted by Crippen LogP contribution is -2.34. The van der Waals surface area contributed by atoms with Crippen LogP contribution in [0, 0.1) is 5.82 Å². The lowest BCUT2D eigenvalue weighted by molar-refractivity contribution is 0.241. The summed E-state index contributed by atoms with van der Waals surface area (Å²) in [6, 6.07) is 20.9. The monoisotopic (exact) mass is 450 g/mol. The van der Waals surface area contributed by atoms with Crippen molar-refractivity contribution in [1.82, 2.24) is 9.88 Å². The molecule has 3 aromatic carbocycles. The van der Waals surface area contributed by atoms with E-state index in [0.717, 1.165) is 40.0 Å². The number of nitrogens with one attached hydrogen (secondary N) is 1. The molecule has 7 heteroatoms. The summed E-state index contributed by atoms with van der Waals surface area (Å²) in [5.41, 5.74) is 3.55. The molecule has 0 radical (unpaired) electrons. The van der Waals surface area contributed by atoms with E-state index in [1.54, 1.807) is 30.3 Å². The molecule has 32 heavy (non-hydrogen) atoms. The second-order valence-corrected chi connectivity index (χ2v) is 8.48. The molecule has 0 bridgehead atoms. The molecule has 0 aliphatic rings. The molecule has 164 valence electrons. The predicted octanol–water partition coefficient (Wildman–Crippen LogP) is 5.67. The molecule has 5 nitrogen and oxygen atoms in total. The summed E-state index contributed by atoms with van der Waals surface area (Å²) < 4.78 is 19.4. The highest BCUT2D eigenvalue weighted by molar-refractivity contribution is 7.98. The molecular weight excluding hydrogens is 427 g/mol. The fourth-order valence-electron chi connectivity index (χ4n) is 3.40. The van der Waals surface area contributed by atoms with E-state index in [-0.39, 0.29) is 5.82 Å². The number of fused-ring (bicyclic) bond motifs is 1. The Kier molecular flexibility index (Phi) is 7.07. The summed E-state index contributed by atoms with van der Waals surface area (Å²) in [5.74, 6) is 0.917. The van der Waals surface area contributed by atoms with Crippen LogP contribution in [-0.2, 0) is 5.75 Å². The van der Waals surface area contributed by atoms with Gasteiger partial charge in [0.2, 0.25) is 0 Å². The summed E-state index contributed by atoms with van der Waals surface area (Å²) >= 11 is 1.86. The lowest BCUT2D eigenvalue weighted by Gasteiger charge is -2.06. The summed E-state index contributed by atoms with van der Waals surface area (Å²) in [4.78, 5) is 24.9. The minimum Gasteiger partial charge on any atom is -0.407 e. The maximum atomic E-state index is 13.2. The third kappa shape index (κ3) is 5.29. The maximum absolute atomic E-state index is 13.2. The molecule has 1 amide bonds. The van der Waals surface area contributed by atoms with Crippen LogP contribution >= 0.6 is 11.8 Å². The minimum absolute atomic E-state index is 0.326. The van der Waals surface area contributed by atoms with Gasteiger partial charge in [-0.15, -0.1) is 0 Å². The van der Waals surface area contributed by atoms with Gasteiger partial charge < -0.3 is 9.73 Å². The van der Waals surface area contributed by atoms with Crippen LogP contribution in [0.2, 0.25) is 0 Å². The van der Waals surface area contributed by atoms with Gasteiger partial charge in [-0.3, -0.25) is 0 Å². The summed E-state index contributed by atoms with van der Waals surface area (Å²) in [6.45, 7) is 0.474. The highest BCUT2D eigenvalue weighted by Gasteiger charge is 2.16. The van der Waals surface area contributed by atoms with E-state index in [1.165, 1.54) is 17.7 Å². The molecule has 1 aromatic heterocycles. The largest absolute Gasteiger partial charge is 0.428 e. The first-order valence-electron chi connectivity index (χ1n) is 10.4. The highest BCUT2D eigenvalue weighted by atomic mass is 32.2. The molecular formula is C25H23FN2O3S. The number of hydrogen-bond donors (Lipinski definition) is 1. The van der Waals surface area contributed by atoms with Gasteiger partial charge in [0, 0.05) is 12.3 Å². The topological polar surface area (TPSA) is 64.2 Å². The molecule has 0 aliphatic carbocycles. The SMILES string of the molecule is O=C(NCCCCSCc1ccccc1)n1c(=O)oc2ccc(-c3ccc(F)cc3)cc21. The van der Waals surface area contributed by atoms with E-state index in [1.807, 2.05) is 30.0 Å². The van der Waals surface area contributed by atoms with Gasteiger partial charge >= 0.3 is 11.8 Å². The summed E-state index contributed by atoms with van der Waals surface area (Å²) in [7, 11) is 0. The van der Waals surface area contributed by atoms with Crippen LogP contribution < -0.4 is 11.1 Å². The number of carbonyl (C=O) groups excluding carboxylic acids is 1. The smallest absolute Gasteiger partial charge is 0.407 e. The molecule has 4 aromatic rings. The Bertz CT molecular complexity index is 1250. The Morgan fingerprint density at radius 1 is 0.969 bits per heavy atom. The molecule has 0 aliphatic heterocycles. The van der Waals surface area contributed by atoms with Crippen LogP contribution in [0.1, 0.15) is 18.4 Å². The van der Waals surface area contributed by atoms with Gasteiger partial charge in [0.1, 0.15) is 11.3 Å². The second-order valence-electron chi connectivity index (χ2n) is 7.37. The first-order chi connectivity index (χ1) is 15.6. The zero-order valence-corrected chi connectivity index (χ0v) is 18.2. The molecule has 0 atom stereocenters. The third-order valence-corrected chi connectivity index (χ3v) is 6.18. The van der Waals surface area contributed by atoms with Crippen molar-refractivity contribution in [3.05, 3.63) is 94.7 Å². The maximum Gasteiger partial charge on any atom is 0.428 e. The first kappa shape index (κ1) is 21.9. The van der Waals surface area contributed by atoms with Gasteiger partial charge in [-0.25, -0.2) is 14.0 Å². The Hall–Kier alpha value is -3.32. The quantitative estimate of drug-likeness (QED) is 0.351. The van der Waals surface area contributed by atoms with Crippen LogP contribution in [0.25, 0.3) is 22.2 Å². The van der Waals surface area contributed by atoms with E-state index in [9.17, 15) is 14.0 Å². The van der Waals surface area contributed by atoms with Gasteiger partial charge in [0.15, 0.2) is 5.58 Å². The zero-order valence-electron chi connectivity index (χ0n) is 17.4. The van der Waals surface area contributed by atoms with E-state index < -0.39 is 11.8 Å². The molecule has 0 spiro atoms. The molecule has 0 saturated heterocycles. The van der Waals surface area contributed by atoms with Crippen molar-refractivity contribution >= 4 is 28.9 Å². The number of benzene rings is 3. The average molecular weight is 451 g/mol. The Morgan fingerprint density at radius 3 is 2.50 bits per heavy atom. The van der Waals surface area contributed by atoms with Crippen molar-refractivity contribution in [3.8, 4) is 11.1 Å². The fraction of sp³-hybridized carbons (Fsp3) is 0.200. The normalized spacial score (nSPS) is 11.0. The number of rotatable bonds is 8. The molecule has 0 fully saturated rings. The number of carbonyl (C=O) groups is 1. The zero-order chi connectivity index (χ0) is 22.3. The van der Waals surface area contributed by atoms with Crippen LogP contribution in [0.5, 0.6) is 0 Å². The number of thioether (sulfide) groups is 1. The van der Waals surface area contributed by atoms with Gasteiger partial charge in [-0.05, 0) is 59.6 Å². The Morgan fingerprint density at radius 2 is 1.72 bits per heavy atom. The summed E-state index contributed by atoms with van der Waals surface area (Å²) in [5, 5.41) is 2.80. The number of oxazole rings is 1. The van der Waals surface area contributed by atoms with Crippen molar-refractivity contribution in [2.45, 2.75) is 18.6 Å². The standard InChI is InChI=1S/C25H23FN2O3S/c26-21-11-8-19(9-12-21)20-10-13-23-22(16-20)28(25(30)31-23)24(29)27-14-4-5-15-32-17-18-6-2-1-3-7-18/h1-3,6-13,16H,4-5,14-15,17H2,(H,27,29). The van der Waals surface area contributed by atoms with Crippen molar-refractivity contribution in [1.29, 1.82) is 0 Å². The van der Waals surface area contributed by atoms with E-state index >= 15 is 0 Å². The van der Waals surface area contributed by atoms with Crippen LogP contribution in [0.3, 0.4) is 0 Å². The van der Waals surface area contributed by atoms with Crippen molar-refractivity contribution in [2.75, 3.05) is 12.3 Å². The first-order valence-corrected chi connectivity index (χ1v) is 11.6. The molecule has 4 rings (SSSR count). The number of unbranched alkanes of at least 4 members (excludes halogenated alkanes) is 1. The van der Waals surface area contributed by atoms with E-state index in [0.29, 0.717) is 17.6 Å². The molecule has 0 saturated carbocycles. The van der Waals surface area contributed by atoms with E-state index in [4.69, 9.17) is 4.42 Å². The van der Waals surface area contributed by atoms with E-state index in [2.05, 4.69) is 17.4 Å². The Balaban J connectivity index is 1.33. The summed E-state index contributed by atoms with van der Waals surface area (Å²) in [6.07, 6.45) is 1.78. The second kappa shape index (κ2) is 10.3. The lowest BCUT2D eigenvalue weighted by atomic mass is 10.1. The highest BCUT2D eigenvalue weighted by Crippen LogP contribution is 2.24. The van der Waals surface area contributed by atoms with Crippen molar-refractivity contribution in [3.63, 3.8) is 0 Å². The van der Waals surface area contributed by atoms with Gasteiger partial charge in [0.05, 0.1) is 0 Å². The van der Waals surface area contributed by atoms with Crippen molar-refractivity contribution in [2.24, 2.45) is 0 Å². The molecule has 0 unspecified atom stereocenters. The number of hydrogen-bond acceptors (Lipinski definition) is 4. The average Bonchev–Trinajstić information content (AvgIpc) is 3.14. The number of nitrogens with zero attached hydrogens (tertiary/aromatic N) is 1. The molecule has 1 N–H and O–H groups in total.